The molecular weight excluding hydrogens is 224 g/mol. The molecule has 1 aliphatic carbocycles. The van der Waals surface area contributed by atoms with Crippen LogP contribution in [0.25, 0.3) is 0 Å². The molecule has 0 unspecified atom stereocenters. The maximum atomic E-state index is 14.0. The lowest BCUT2D eigenvalue weighted by molar-refractivity contribution is 0.344. The third kappa shape index (κ3) is 1.80. The summed E-state index contributed by atoms with van der Waals surface area (Å²) in [5, 5.41) is 0. The molecule has 0 aromatic heterocycles. The summed E-state index contributed by atoms with van der Waals surface area (Å²) in [6.07, 6.45) is 1.60. The van der Waals surface area contributed by atoms with Crippen LogP contribution in [0.5, 0.6) is 5.75 Å². The van der Waals surface area contributed by atoms with Crippen molar-refractivity contribution in [2.75, 3.05) is 7.11 Å². The average Bonchev–Trinajstić information content (AvgIpc) is 2.96. The smallest absolute Gasteiger partial charge is 0.133 e. The summed E-state index contributed by atoms with van der Waals surface area (Å²) in [4.78, 5) is 0. The highest BCUT2D eigenvalue weighted by molar-refractivity contribution is 5.47. The molecule has 1 aromatic rings. The molecule has 4 heteroatoms. The van der Waals surface area contributed by atoms with E-state index in [4.69, 9.17) is 10.5 Å². The summed E-state index contributed by atoms with van der Waals surface area (Å²) < 4.78 is 32.2. The lowest BCUT2D eigenvalue weighted by Crippen LogP contribution is -2.45. The Balaban J connectivity index is 2.60. The van der Waals surface area contributed by atoms with Crippen LogP contribution in [0.2, 0.25) is 0 Å². The predicted molar refractivity (Wildman–Crippen MR) is 62.1 cm³/mol. The second-order valence-electron chi connectivity index (χ2n) is 5.27. The molecule has 2 rings (SSSR count). The van der Waals surface area contributed by atoms with Crippen LogP contribution in [-0.4, -0.2) is 12.6 Å². The Bertz CT molecular complexity index is 447. The van der Waals surface area contributed by atoms with Gasteiger partial charge in [0.1, 0.15) is 17.4 Å². The maximum Gasteiger partial charge on any atom is 0.133 e. The standard InChI is InChI=1S/C13H17F2NO/c1-12(2,16)13(4-5-13)11-9(15)6-8(14)7-10(11)17-3/h6-7H,4-5,16H2,1-3H3. The Labute approximate surface area is 99.8 Å². The summed E-state index contributed by atoms with van der Waals surface area (Å²) in [6.45, 7) is 3.73. The quantitative estimate of drug-likeness (QED) is 0.883. The van der Waals surface area contributed by atoms with Crippen LogP contribution in [0, 0.1) is 11.6 Å². The number of methoxy groups -OCH3 is 1. The van der Waals surface area contributed by atoms with Gasteiger partial charge in [-0.05, 0) is 26.7 Å². The van der Waals surface area contributed by atoms with E-state index in [-0.39, 0.29) is 5.75 Å². The number of hydrogen-bond donors (Lipinski definition) is 1. The van der Waals surface area contributed by atoms with E-state index >= 15 is 0 Å². The van der Waals surface area contributed by atoms with Crippen LogP contribution >= 0.6 is 0 Å². The lowest BCUT2D eigenvalue weighted by Gasteiger charge is -2.32. The highest BCUT2D eigenvalue weighted by Gasteiger charge is 2.56. The average molecular weight is 241 g/mol. The summed E-state index contributed by atoms with van der Waals surface area (Å²) >= 11 is 0. The van der Waals surface area contributed by atoms with Gasteiger partial charge in [0.05, 0.1) is 7.11 Å². The summed E-state index contributed by atoms with van der Waals surface area (Å²) in [5.74, 6) is -0.954. The molecule has 0 bridgehead atoms. The Kier molecular flexibility index (Phi) is 2.65. The van der Waals surface area contributed by atoms with Crippen molar-refractivity contribution in [1.29, 1.82) is 0 Å². The zero-order chi connectivity index (χ0) is 12.8. The van der Waals surface area contributed by atoms with Gasteiger partial charge in [0.2, 0.25) is 0 Å². The summed E-state index contributed by atoms with van der Waals surface area (Å²) in [6, 6.07) is 2.11. The highest BCUT2D eigenvalue weighted by atomic mass is 19.1. The first-order chi connectivity index (χ1) is 7.82. The maximum absolute atomic E-state index is 14.0. The van der Waals surface area contributed by atoms with Crippen molar-refractivity contribution in [2.24, 2.45) is 5.73 Å². The zero-order valence-electron chi connectivity index (χ0n) is 10.3. The molecule has 0 amide bonds. The van der Waals surface area contributed by atoms with Crippen LogP contribution in [0.1, 0.15) is 32.3 Å². The van der Waals surface area contributed by atoms with Crippen molar-refractivity contribution in [2.45, 2.75) is 37.6 Å². The van der Waals surface area contributed by atoms with Gasteiger partial charge in [-0.2, -0.15) is 0 Å². The van der Waals surface area contributed by atoms with Gasteiger partial charge in [-0.3, -0.25) is 0 Å². The molecule has 1 fully saturated rings. The lowest BCUT2D eigenvalue weighted by atomic mass is 9.78. The van der Waals surface area contributed by atoms with Crippen molar-refractivity contribution in [3.63, 3.8) is 0 Å². The van der Waals surface area contributed by atoms with E-state index in [9.17, 15) is 8.78 Å². The van der Waals surface area contributed by atoms with Crippen molar-refractivity contribution in [3.8, 4) is 5.75 Å². The molecule has 2 nitrogen and oxygen atoms in total. The van der Waals surface area contributed by atoms with Gasteiger partial charge < -0.3 is 10.5 Å². The Morgan fingerprint density at radius 2 is 1.88 bits per heavy atom. The molecule has 1 saturated carbocycles. The van der Waals surface area contributed by atoms with Crippen LogP contribution in [0.3, 0.4) is 0 Å². The van der Waals surface area contributed by atoms with Gasteiger partial charge in [-0.15, -0.1) is 0 Å². The van der Waals surface area contributed by atoms with Gasteiger partial charge >= 0.3 is 0 Å². The van der Waals surface area contributed by atoms with E-state index in [1.807, 2.05) is 13.8 Å². The van der Waals surface area contributed by atoms with E-state index in [0.717, 1.165) is 18.9 Å². The minimum absolute atomic E-state index is 0.249. The molecule has 1 aliphatic rings. The van der Waals surface area contributed by atoms with Gasteiger partial charge in [-0.1, -0.05) is 0 Å². The molecular formula is C13H17F2NO. The highest BCUT2D eigenvalue weighted by Crippen LogP contribution is 2.57. The van der Waals surface area contributed by atoms with Crippen LogP contribution in [0.15, 0.2) is 12.1 Å². The van der Waals surface area contributed by atoms with Crippen molar-refractivity contribution in [3.05, 3.63) is 29.3 Å². The first kappa shape index (κ1) is 12.3. The number of ether oxygens (including phenoxy) is 1. The van der Waals surface area contributed by atoms with E-state index in [1.165, 1.54) is 13.2 Å². The number of rotatable bonds is 3. The summed E-state index contributed by atoms with van der Waals surface area (Å²) in [5.41, 5.74) is 5.54. The number of benzene rings is 1. The van der Waals surface area contributed by atoms with Crippen LogP contribution < -0.4 is 10.5 Å². The van der Waals surface area contributed by atoms with Crippen molar-refractivity contribution in [1.82, 2.24) is 0 Å². The monoisotopic (exact) mass is 241 g/mol. The molecule has 0 radical (unpaired) electrons. The summed E-state index contributed by atoms with van der Waals surface area (Å²) in [7, 11) is 1.41. The van der Waals surface area contributed by atoms with E-state index in [2.05, 4.69) is 0 Å². The Hall–Kier alpha value is -1.16. The molecule has 1 aromatic carbocycles. The van der Waals surface area contributed by atoms with Crippen molar-refractivity contribution >= 4 is 0 Å². The Morgan fingerprint density at radius 1 is 1.29 bits per heavy atom. The van der Waals surface area contributed by atoms with Gasteiger partial charge in [-0.25, -0.2) is 8.78 Å². The van der Waals surface area contributed by atoms with Crippen molar-refractivity contribution < 1.29 is 13.5 Å². The first-order valence-corrected chi connectivity index (χ1v) is 5.64. The molecule has 17 heavy (non-hydrogen) atoms. The molecule has 0 aliphatic heterocycles. The van der Waals surface area contributed by atoms with Crippen LogP contribution in [0.4, 0.5) is 8.78 Å². The molecule has 0 atom stereocenters. The number of halogens is 2. The number of hydrogen-bond acceptors (Lipinski definition) is 2. The largest absolute Gasteiger partial charge is 0.496 e. The normalized spacial score (nSPS) is 18.0. The van der Waals surface area contributed by atoms with Gasteiger partial charge in [0.15, 0.2) is 0 Å². The molecule has 2 N–H and O–H groups in total. The zero-order valence-corrected chi connectivity index (χ0v) is 10.3. The van der Waals surface area contributed by atoms with E-state index in [1.54, 1.807) is 0 Å². The second-order valence-corrected chi connectivity index (χ2v) is 5.27. The fourth-order valence-corrected chi connectivity index (χ4v) is 2.52. The predicted octanol–water partition coefficient (Wildman–Crippen LogP) is 2.74. The van der Waals surface area contributed by atoms with Crippen LogP contribution in [-0.2, 0) is 5.41 Å². The first-order valence-electron chi connectivity index (χ1n) is 5.64. The third-order valence-corrected chi connectivity index (χ3v) is 3.70. The fraction of sp³-hybridized carbons (Fsp3) is 0.538. The minimum Gasteiger partial charge on any atom is -0.496 e. The minimum atomic E-state index is -0.631. The third-order valence-electron chi connectivity index (χ3n) is 3.70. The van der Waals surface area contributed by atoms with Gasteiger partial charge in [0, 0.05) is 28.7 Å². The molecule has 0 spiro atoms. The Morgan fingerprint density at radius 3 is 2.29 bits per heavy atom. The fourth-order valence-electron chi connectivity index (χ4n) is 2.52. The van der Waals surface area contributed by atoms with E-state index in [0.29, 0.717) is 5.56 Å². The van der Waals surface area contributed by atoms with E-state index < -0.39 is 22.6 Å². The van der Waals surface area contributed by atoms with Gasteiger partial charge in [0.25, 0.3) is 0 Å². The topological polar surface area (TPSA) is 35.2 Å². The molecule has 94 valence electrons. The second kappa shape index (κ2) is 3.67. The molecule has 0 saturated heterocycles. The SMILES string of the molecule is COc1cc(F)cc(F)c1C1(C(C)(C)N)CC1. The molecule has 0 heterocycles. The number of nitrogens with two attached hydrogens (primary N) is 1.